The number of carbonyl (C=O) groups excluding carboxylic acids is 2. The van der Waals surface area contributed by atoms with Crippen LogP contribution in [0, 0.1) is 5.92 Å². The number of thiazole rings is 1. The molecule has 4 rings (SSSR count). The second-order valence-electron chi connectivity index (χ2n) is 7.34. The molecule has 4 N–H and O–H groups in total. The number of aliphatic hydroxyl groups is 1. The Labute approximate surface area is 160 Å². The van der Waals surface area contributed by atoms with Gasteiger partial charge in [-0.25, -0.2) is 4.98 Å². The van der Waals surface area contributed by atoms with Gasteiger partial charge in [-0.3, -0.25) is 14.7 Å². The minimum absolute atomic E-state index is 0.0649. The van der Waals surface area contributed by atoms with E-state index in [2.05, 4.69) is 25.8 Å². The molecular formula is C18H23N5O3S. The Balaban J connectivity index is 1.32. The summed E-state index contributed by atoms with van der Waals surface area (Å²) < 4.78 is 0. The lowest BCUT2D eigenvalue weighted by Crippen LogP contribution is -2.49. The van der Waals surface area contributed by atoms with Gasteiger partial charge in [0.05, 0.1) is 29.9 Å². The Hall–Kier alpha value is -2.26. The van der Waals surface area contributed by atoms with Gasteiger partial charge in [0.1, 0.15) is 5.69 Å². The topological polar surface area (TPSA) is 120 Å². The first-order valence-electron chi connectivity index (χ1n) is 9.29. The van der Waals surface area contributed by atoms with Crippen LogP contribution >= 0.6 is 11.3 Å². The summed E-state index contributed by atoms with van der Waals surface area (Å²) in [4.78, 5) is 29.0. The number of aromatic nitrogens is 3. The smallest absolute Gasteiger partial charge is 0.272 e. The van der Waals surface area contributed by atoms with E-state index < -0.39 is 12.1 Å². The Morgan fingerprint density at radius 2 is 2.15 bits per heavy atom. The molecule has 0 radical (unpaired) electrons. The summed E-state index contributed by atoms with van der Waals surface area (Å²) in [6, 6.07) is 1.32. The summed E-state index contributed by atoms with van der Waals surface area (Å²) in [6.45, 7) is 0.398. The van der Waals surface area contributed by atoms with Crippen LogP contribution in [0.15, 0.2) is 17.0 Å². The zero-order chi connectivity index (χ0) is 18.8. The van der Waals surface area contributed by atoms with Gasteiger partial charge in [-0.15, -0.1) is 11.3 Å². The Bertz CT molecular complexity index is 802. The molecule has 2 aromatic heterocycles. The second kappa shape index (κ2) is 7.77. The molecule has 2 aliphatic rings. The van der Waals surface area contributed by atoms with E-state index in [9.17, 15) is 14.7 Å². The number of hydrogen-bond acceptors (Lipinski definition) is 6. The quantitative estimate of drug-likeness (QED) is 0.594. The maximum Gasteiger partial charge on any atom is 0.272 e. The highest BCUT2D eigenvalue weighted by molar-refractivity contribution is 7.07. The average molecular weight is 389 g/mol. The number of H-pyrrole nitrogens is 1. The van der Waals surface area contributed by atoms with Gasteiger partial charge >= 0.3 is 0 Å². The first-order valence-corrected chi connectivity index (χ1v) is 10.2. The maximum absolute atomic E-state index is 12.5. The molecule has 2 fully saturated rings. The number of carbonyl (C=O) groups is 2. The third-order valence-electron chi connectivity index (χ3n) is 5.28. The van der Waals surface area contributed by atoms with Crippen molar-refractivity contribution in [3.8, 4) is 0 Å². The number of nitrogens with one attached hydrogen (secondary N) is 3. The minimum Gasteiger partial charge on any atom is -0.391 e. The van der Waals surface area contributed by atoms with Crippen molar-refractivity contribution in [2.24, 2.45) is 5.92 Å². The summed E-state index contributed by atoms with van der Waals surface area (Å²) in [5.41, 5.74) is 3.88. The fraction of sp³-hybridized carbons (Fsp3) is 0.556. The zero-order valence-electron chi connectivity index (χ0n) is 14.9. The summed E-state index contributed by atoms with van der Waals surface area (Å²) in [5, 5.41) is 24.9. The van der Waals surface area contributed by atoms with E-state index in [1.165, 1.54) is 11.3 Å². The van der Waals surface area contributed by atoms with Crippen molar-refractivity contribution in [3.63, 3.8) is 0 Å². The van der Waals surface area contributed by atoms with Crippen molar-refractivity contribution in [1.82, 2.24) is 25.8 Å². The second-order valence-corrected chi connectivity index (χ2v) is 8.06. The summed E-state index contributed by atoms with van der Waals surface area (Å²) in [5.74, 6) is -0.126. The van der Waals surface area contributed by atoms with E-state index in [1.807, 2.05) is 5.38 Å². The molecule has 2 heterocycles. The molecule has 0 unspecified atom stereocenters. The Morgan fingerprint density at radius 3 is 2.89 bits per heavy atom. The van der Waals surface area contributed by atoms with Gasteiger partial charge in [-0.2, -0.15) is 5.10 Å². The number of hydrogen-bond donors (Lipinski definition) is 4. The first kappa shape index (κ1) is 18.1. The van der Waals surface area contributed by atoms with Gasteiger partial charge in [0.2, 0.25) is 5.91 Å². The first-order chi connectivity index (χ1) is 13.1. The van der Waals surface area contributed by atoms with Crippen molar-refractivity contribution < 1.29 is 14.7 Å². The predicted molar refractivity (Wildman–Crippen MR) is 99.1 cm³/mol. The van der Waals surface area contributed by atoms with Gasteiger partial charge < -0.3 is 15.7 Å². The van der Waals surface area contributed by atoms with E-state index in [1.54, 1.807) is 11.6 Å². The molecule has 2 amide bonds. The molecule has 0 aromatic carbocycles. The third-order valence-corrected chi connectivity index (χ3v) is 5.91. The average Bonchev–Trinajstić information content (AvgIpc) is 3.18. The Morgan fingerprint density at radius 1 is 1.30 bits per heavy atom. The lowest BCUT2D eigenvalue weighted by atomic mass is 9.83. The standard InChI is InChI=1S/C18H23N5O3S/c24-16-4-3-11(17(25)19-7-12-8-27-9-20-12)5-14(16)21-18(26)15-6-13(22-23-15)10-1-2-10/h6,8-11,14,16,24H,1-5,7H2,(H,19,25)(H,21,26)(H,22,23)/t11-,14+,16+/m0/s1. The fourth-order valence-electron chi connectivity index (χ4n) is 3.49. The molecule has 27 heavy (non-hydrogen) atoms. The van der Waals surface area contributed by atoms with Gasteiger partial charge in [0.15, 0.2) is 0 Å². The van der Waals surface area contributed by atoms with Gasteiger partial charge in [0.25, 0.3) is 5.91 Å². The van der Waals surface area contributed by atoms with Gasteiger partial charge in [0, 0.05) is 22.9 Å². The van der Waals surface area contributed by atoms with Crippen molar-refractivity contribution in [2.45, 2.75) is 56.7 Å². The molecule has 2 aromatic rings. The lowest BCUT2D eigenvalue weighted by molar-refractivity contribution is -0.127. The van der Waals surface area contributed by atoms with Crippen LogP contribution in [0.4, 0.5) is 0 Å². The summed E-state index contributed by atoms with van der Waals surface area (Å²) >= 11 is 1.49. The van der Waals surface area contributed by atoms with Crippen molar-refractivity contribution in [1.29, 1.82) is 0 Å². The molecule has 0 saturated heterocycles. The van der Waals surface area contributed by atoms with E-state index in [0.717, 1.165) is 24.2 Å². The van der Waals surface area contributed by atoms with Crippen LogP contribution in [0.25, 0.3) is 0 Å². The van der Waals surface area contributed by atoms with Gasteiger partial charge in [-0.05, 0) is 38.2 Å². The van der Waals surface area contributed by atoms with E-state index in [4.69, 9.17) is 0 Å². The molecule has 8 nitrogen and oxygen atoms in total. The van der Waals surface area contributed by atoms with E-state index in [0.29, 0.717) is 37.4 Å². The molecule has 0 bridgehead atoms. The maximum atomic E-state index is 12.5. The zero-order valence-corrected chi connectivity index (χ0v) is 15.7. The Kier molecular flexibility index (Phi) is 5.22. The largest absolute Gasteiger partial charge is 0.391 e. The third kappa shape index (κ3) is 4.36. The van der Waals surface area contributed by atoms with Gasteiger partial charge in [-0.1, -0.05) is 0 Å². The molecule has 3 atom stereocenters. The van der Waals surface area contributed by atoms with Crippen molar-refractivity contribution >= 4 is 23.2 Å². The highest BCUT2D eigenvalue weighted by Gasteiger charge is 2.34. The predicted octanol–water partition coefficient (Wildman–Crippen LogP) is 1.32. The van der Waals surface area contributed by atoms with Crippen molar-refractivity contribution in [3.05, 3.63) is 34.0 Å². The van der Waals surface area contributed by atoms with Crippen LogP contribution in [-0.4, -0.2) is 44.2 Å². The molecule has 2 aliphatic carbocycles. The van der Waals surface area contributed by atoms with Crippen LogP contribution in [0.1, 0.15) is 59.9 Å². The van der Waals surface area contributed by atoms with E-state index >= 15 is 0 Å². The van der Waals surface area contributed by atoms with Crippen LogP contribution < -0.4 is 10.6 Å². The molecular weight excluding hydrogens is 366 g/mol. The van der Waals surface area contributed by atoms with Crippen molar-refractivity contribution in [2.75, 3.05) is 0 Å². The summed E-state index contributed by atoms with van der Waals surface area (Å²) in [6.07, 6.45) is 3.09. The summed E-state index contributed by atoms with van der Waals surface area (Å²) in [7, 11) is 0. The van der Waals surface area contributed by atoms with Crippen LogP contribution in [-0.2, 0) is 11.3 Å². The number of aliphatic hydroxyl groups excluding tert-OH is 1. The fourth-order valence-corrected chi connectivity index (χ4v) is 4.05. The minimum atomic E-state index is -0.654. The molecule has 2 saturated carbocycles. The van der Waals surface area contributed by atoms with E-state index in [-0.39, 0.29) is 17.7 Å². The van der Waals surface area contributed by atoms with Crippen LogP contribution in [0.3, 0.4) is 0 Å². The molecule has 144 valence electrons. The number of amides is 2. The van der Waals surface area contributed by atoms with Crippen LogP contribution in [0.5, 0.6) is 0 Å². The van der Waals surface area contributed by atoms with Crippen LogP contribution in [0.2, 0.25) is 0 Å². The monoisotopic (exact) mass is 389 g/mol. The molecule has 0 aliphatic heterocycles. The lowest BCUT2D eigenvalue weighted by Gasteiger charge is -2.33. The number of aromatic amines is 1. The SMILES string of the molecule is O=C(N[C@@H]1C[C@@H](C(=O)NCc2cscn2)CC[C@H]1O)c1cc(C2CC2)[nH]n1. The highest BCUT2D eigenvalue weighted by Crippen LogP contribution is 2.39. The normalized spacial score (nSPS) is 25.1. The highest BCUT2D eigenvalue weighted by atomic mass is 32.1. The molecule has 0 spiro atoms. The number of rotatable bonds is 6. The molecule has 9 heteroatoms. The number of nitrogens with zero attached hydrogens (tertiary/aromatic N) is 2.